The number of likely N-dealkylation sites (tertiary alicyclic amines) is 1. The van der Waals surface area contributed by atoms with Crippen molar-refractivity contribution in [3.63, 3.8) is 0 Å². The molecule has 1 saturated heterocycles. The summed E-state index contributed by atoms with van der Waals surface area (Å²) < 4.78 is 38.1. The Morgan fingerprint density at radius 2 is 1.62 bits per heavy atom. The second-order valence-corrected chi connectivity index (χ2v) is 5.58. The van der Waals surface area contributed by atoms with Crippen molar-refractivity contribution in [2.75, 3.05) is 13.1 Å². The Bertz CT molecular complexity index is 588. The zero-order chi connectivity index (χ0) is 15.0. The highest BCUT2D eigenvalue weighted by Gasteiger charge is 2.31. The summed E-state index contributed by atoms with van der Waals surface area (Å²) in [6.45, 7) is 1.21. The average Bonchev–Trinajstić information content (AvgIpc) is 3.31. The van der Waals surface area contributed by atoms with Gasteiger partial charge in [-0.1, -0.05) is 17.2 Å². The van der Waals surface area contributed by atoms with E-state index in [0.29, 0.717) is 13.1 Å². The molecule has 0 bridgehead atoms. The molecule has 2 fully saturated rings. The molecule has 5 heteroatoms. The summed E-state index contributed by atoms with van der Waals surface area (Å²) in [4.78, 5) is 14.0. The number of benzene rings is 1. The first-order valence-electron chi connectivity index (χ1n) is 7.11. The van der Waals surface area contributed by atoms with Gasteiger partial charge in [-0.05, 0) is 43.9 Å². The topological polar surface area (TPSA) is 20.3 Å². The number of hydrogen-bond donors (Lipinski definition) is 0. The van der Waals surface area contributed by atoms with E-state index in [-0.39, 0.29) is 11.5 Å². The molecule has 2 aliphatic rings. The van der Waals surface area contributed by atoms with Gasteiger partial charge in [-0.25, -0.2) is 0 Å². The van der Waals surface area contributed by atoms with Crippen LogP contribution in [0.25, 0.3) is 0 Å². The van der Waals surface area contributed by atoms with E-state index in [9.17, 15) is 18.0 Å². The van der Waals surface area contributed by atoms with Crippen LogP contribution in [0.1, 0.15) is 41.6 Å². The number of carbonyl (C=O) groups excluding carboxylic acids is 1. The van der Waals surface area contributed by atoms with Gasteiger partial charge in [-0.15, -0.1) is 0 Å². The minimum atomic E-state index is -4.41. The highest BCUT2D eigenvalue weighted by atomic mass is 19.4. The largest absolute Gasteiger partial charge is 0.416 e. The number of piperidine rings is 1. The normalized spacial score (nSPS) is 18.9. The van der Waals surface area contributed by atoms with E-state index in [1.54, 1.807) is 4.90 Å². The Kier molecular flexibility index (Phi) is 3.51. The fourth-order valence-corrected chi connectivity index (χ4v) is 2.76. The summed E-state index contributed by atoms with van der Waals surface area (Å²) in [6.07, 6.45) is -0.338. The molecule has 0 N–H and O–H groups in total. The molecule has 112 valence electrons. The van der Waals surface area contributed by atoms with Crippen LogP contribution in [0.15, 0.2) is 35.4 Å². The third-order valence-electron chi connectivity index (χ3n) is 4.09. The zero-order valence-corrected chi connectivity index (χ0v) is 11.5. The molecule has 0 aromatic heterocycles. The lowest BCUT2D eigenvalue weighted by molar-refractivity contribution is -0.137. The van der Waals surface area contributed by atoms with Gasteiger partial charge in [-0.2, -0.15) is 13.2 Å². The molecule has 21 heavy (non-hydrogen) atoms. The Labute approximate surface area is 121 Å². The Morgan fingerprint density at radius 3 is 2.19 bits per heavy atom. The van der Waals surface area contributed by atoms with Crippen LogP contribution in [0.2, 0.25) is 0 Å². The standard InChI is InChI=1S/C16H16F3NO/c17-16(18,19)14-3-1-2-13(10-14)15(21)20-8-6-12(7-9-20)11-4-5-11/h1-3,10H,4-9H2. The number of nitrogens with zero attached hydrogens (tertiary/aromatic N) is 1. The lowest BCUT2D eigenvalue weighted by Crippen LogP contribution is -2.36. The van der Waals surface area contributed by atoms with Gasteiger partial charge in [0.2, 0.25) is 0 Å². The molecule has 1 aromatic rings. The summed E-state index contributed by atoms with van der Waals surface area (Å²) in [7, 11) is 0. The Balaban J connectivity index is 1.72. The maximum Gasteiger partial charge on any atom is 0.416 e. The number of allylic oxidation sites excluding steroid dienone is 1. The number of carbonyl (C=O) groups is 1. The lowest BCUT2D eigenvalue weighted by atomic mass is 10.0. The van der Waals surface area contributed by atoms with Crippen molar-refractivity contribution in [2.45, 2.75) is 31.9 Å². The first kappa shape index (κ1) is 14.2. The minimum Gasteiger partial charge on any atom is -0.338 e. The molecule has 0 radical (unpaired) electrons. The van der Waals surface area contributed by atoms with E-state index in [1.807, 2.05) is 0 Å². The summed E-state index contributed by atoms with van der Waals surface area (Å²) in [5.41, 5.74) is 2.31. The quantitative estimate of drug-likeness (QED) is 0.716. The smallest absolute Gasteiger partial charge is 0.338 e. The number of halogens is 3. The molecule has 1 aromatic carbocycles. The molecule has 2 nitrogen and oxygen atoms in total. The van der Waals surface area contributed by atoms with Crippen LogP contribution in [-0.2, 0) is 6.18 Å². The van der Waals surface area contributed by atoms with Gasteiger partial charge in [0.15, 0.2) is 0 Å². The predicted octanol–water partition coefficient (Wildman–Crippen LogP) is 4.03. The van der Waals surface area contributed by atoms with Gasteiger partial charge < -0.3 is 4.90 Å². The molecule has 0 spiro atoms. The third-order valence-corrected chi connectivity index (χ3v) is 4.09. The predicted molar refractivity (Wildman–Crippen MR) is 72.8 cm³/mol. The van der Waals surface area contributed by atoms with E-state index < -0.39 is 11.7 Å². The van der Waals surface area contributed by atoms with E-state index in [4.69, 9.17) is 0 Å². The van der Waals surface area contributed by atoms with Crippen LogP contribution in [0.3, 0.4) is 0 Å². The van der Waals surface area contributed by atoms with Crippen LogP contribution in [0.5, 0.6) is 0 Å². The summed E-state index contributed by atoms with van der Waals surface area (Å²) in [5.74, 6) is -0.305. The molecular weight excluding hydrogens is 279 g/mol. The SMILES string of the molecule is O=C(c1cccc(C(F)(F)F)c1)N1CCC(=C2CC2)CC1. The molecule has 0 atom stereocenters. The van der Waals surface area contributed by atoms with E-state index in [0.717, 1.165) is 25.0 Å². The monoisotopic (exact) mass is 295 g/mol. The highest BCUT2D eigenvalue weighted by molar-refractivity contribution is 5.94. The summed E-state index contributed by atoms with van der Waals surface area (Å²) >= 11 is 0. The number of hydrogen-bond acceptors (Lipinski definition) is 1. The van der Waals surface area contributed by atoms with Crippen LogP contribution >= 0.6 is 0 Å². The number of rotatable bonds is 1. The second kappa shape index (κ2) is 5.20. The van der Waals surface area contributed by atoms with Crippen molar-refractivity contribution >= 4 is 5.91 Å². The fraction of sp³-hybridized carbons (Fsp3) is 0.438. The van der Waals surface area contributed by atoms with Crippen LogP contribution in [-0.4, -0.2) is 23.9 Å². The Hall–Kier alpha value is -1.78. The fourth-order valence-electron chi connectivity index (χ4n) is 2.76. The molecule has 1 heterocycles. The van der Waals surface area contributed by atoms with Gasteiger partial charge in [0.25, 0.3) is 5.91 Å². The van der Waals surface area contributed by atoms with Gasteiger partial charge in [0.1, 0.15) is 0 Å². The van der Waals surface area contributed by atoms with Gasteiger partial charge in [-0.3, -0.25) is 4.79 Å². The molecule has 3 rings (SSSR count). The maximum absolute atomic E-state index is 12.7. The highest BCUT2D eigenvalue weighted by Crippen LogP contribution is 2.36. The van der Waals surface area contributed by atoms with Crippen LogP contribution in [0, 0.1) is 0 Å². The maximum atomic E-state index is 12.7. The van der Waals surface area contributed by atoms with Crippen molar-refractivity contribution in [1.82, 2.24) is 4.90 Å². The average molecular weight is 295 g/mol. The molecule has 0 unspecified atom stereocenters. The van der Waals surface area contributed by atoms with E-state index in [1.165, 1.54) is 36.1 Å². The van der Waals surface area contributed by atoms with Crippen molar-refractivity contribution < 1.29 is 18.0 Å². The van der Waals surface area contributed by atoms with Crippen LogP contribution in [0.4, 0.5) is 13.2 Å². The van der Waals surface area contributed by atoms with E-state index >= 15 is 0 Å². The second-order valence-electron chi connectivity index (χ2n) is 5.58. The first-order valence-corrected chi connectivity index (χ1v) is 7.11. The van der Waals surface area contributed by atoms with Crippen molar-refractivity contribution in [2.24, 2.45) is 0 Å². The molecular formula is C16H16F3NO. The van der Waals surface area contributed by atoms with E-state index in [2.05, 4.69) is 0 Å². The minimum absolute atomic E-state index is 0.118. The number of amides is 1. The van der Waals surface area contributed by atoms with Gasteiger partial charge in [0.05, 0.1) is 5.56 Å². The zero-order valence-electron chi connectivity index (χ0n) is 11.5. The van der Waals surface area contributed by atoms with Gasteiger partial charge in [0, 0.05) is 18.7 Å². The Morgan fingerprint density at radius 1 is 1.00 bits per heavy atom. The number of alkyl halides is 3. The molecule has 1 aliphatic carbocycles. The van der Waals surface area contributed by atoms with Crippen molar-refractivity contribution in [1.29, 1.82) is 0 Å². The summed E-state index contributed by atoms with van der Waals surface area (Å²) in [5, 5.41) is 0. The third kappa shape index (κ3) is 3.12. The van der Waals surface area contributed by atoms with Crippen LogP contribution < -0.4 is 0 Å². The van der Waals surface area contributed by atoms with Crippen molar-refractivity contribution in [3.8, 4) is 0 Å². The summed E-state index contributed by atoms with van der Waals surface area (Å²) in [6, 6.07) is 4.67. The van der Waals surface area contributed by atoms with Crippen molar-refractivity contribution in [3.05, 3.63) is 46.5 Å². The molecule has 1 amide bonds. The van der Waals surface area contributed by atoms with Gasteiger partial charge >= 0.3 is 6.18 Å². The molecule has 1 aliphatic heterocycles. The molecule has 1 saturated carbocycles. The lowest BCUT2D eigenvalue weighted by Gasteiger charge is -2.28. The first-order chi connectivity index (χ1) is 9.95.